The minimum absolute atomic E-state index is 0.0231. The molecule has 2 N–H and O–H groups in total. The number of esters is 1. The third-order valence-corrected chi connectivity index (χ3v) is 5.01. The SMILES string of the molecule is CCOC(=O)[C@@H]1[C@H]2Oc3ccc(Oc4ccnc5c4CNC(=O)N5)cc3[C@H]21. The van der Waals surface area contributed by atoms with Crippen LogP contribution in [0.15, 0.2) is 30.5 Å². The zero-order valence-corrected chi connectivity index (χ0v) is 14.5. The van der Waals surface area contributed by atoms with Crippen LogP contribution in [0.25, 0.3) is 0 Å². The van der Waals surface area contributed by atoms with Crippen LogP contribution in [0, 0.1) is 5.92 Å². The molecule has 0 spiro atoms. The average Bonchev–Trinajstić information content (AvgIpc) is 3.25. The zero-order chi connectivity index (χ0) is 18.5. The molecule has 2 aliphatic heterocycles. The predicted molar refractivity (Wildman–Crippen MR) is 93.9 cm³/mol. The molecule has 138 valence electrons. The van der Waals surface area contributed by atoms with Crippen molar-refractivity contribution < 1.29 is 23.8 Å². The van der Waals surface area contributed by atoms with Crippen molar-refractivity contribution in [3.8, 4) is 17.2 Å². The smallest absolute Gasteiger partial charge is 0.320 e. The van der Waals surface area contributed by atoms with E-state index in [9.17, 15) is 9.59 Å². The maximum atomic E-state index is 12.0. The molecule has 0 bridgehead atoms. The standard InChI is InChI=1S/C19H17N3O5/c1-2-25-18(23)15-14-10-7-9(3-4-12(10)27-16(14)15)26-13-5-6-20-17-11(13)8-21-19(24)22-17/h3-7,14-16H,2,8H2,1H3,(H2,20,21,22,24)/t14-,15-,16-/m0/s1. The fourth-order valence-electron chi connectivity index (χ4n) is 3.72. The first-order chi connectivity index (χ1) is 13.2. The summed E-state index contributed by atoms with van der Waals surface area (Å²) in [4.78, 5) is 27.6. The van der Waals surface area contributed by atoms with Gasteiger partial charge in [0.25, 0.3) is 0 Å². The third kappa shape index (κ3) is 2.56. The van der Waals surface area contributed by atoms with Crippen molar-refractivity contribution in [3.63, 3.8) is 0 Å². The van der Waals surface area contributed by atoms with Crippen LogP contribution in [0.2, 0.25) is 0 Å². The first-order valence-electron chi connectivity index (χ1n) is 8.83. The van der Waals surface area contributed by atoms with Gasteiger partial charge in [0, 0.05) is 17.7 Å². The lowest BCUT2D eigenvalue weighted by atomic mass is 10.1. The van der Waals surface area contributed by atoms with Crippen molar-refractivity contribution >= 4 is 17.8 Å². The maximum Gasteiger partial charge on any atom is 0.320 e. The number of urea groups is 1. The van der Waals surface area contributed by atoms with Crippen molar-refractivity contribution in [3.05, 3.63) is 41.6 Å². The van der Waals surface area contributed by atoms with E-state index in [1.807, 2.05) is 18.2 Å². The van der Waals surface area contributed by atoms with Crippen molar-refractivity contribution in [2.75, 3.05) is 11.9 Å². The number of fused-ring (bicyclic) bond motifs is 4. The number of aromatic nitrogens is 1. The second-order valence-electron chi connectivity index (χ2n) is 6.63. The Bertz CT molecular complexity index is 960. The second kappa shape index (κ2) is 5.87. The molecule has 1 aromatic heterocycles. The van der Waals surface area contributed by atoms with Crippen molar-refractivity contribution in [2.45, 2.75) is 25.5 Å². The largest absolute Gasteiger partial charge is 0.489 e. The van der Waals surface area contributed by atoms with E-state index in [0.717, 1.165) is 16.9 Å². The minimum atomic E-state index is -0.286. The molecule has 0 saturated heterocycles. The molecule has 5 rings (SSSR count). The summed E-state index contributed by atoms with van der Waals surface area (Å²) in [7, 11) is 0. The maximum absolute atomic E-state index is 12.0. The highest BCUT2D eigenvalue weighted by Crippen LogP contribution is 2.59. The lowest BCUT2D eigenvalue weighted by Crippen LogP contribution is -2.34. The van der Waals surface area contributed by atoms with Crippen LogP contribution < -0.4 is 20.1 Å². The fourth-order valence-corrected chi connectivity index (χ4v) is 3.72. The molecule has 1 fully saturated rings. The highest BCUT2D eigenvalue weighted by atomic mass is 16.5. The molecule has 3 aliphatic rings. The highest BCUT2D eigenvalue weighted by Gasteiger charge is 2.63. The number of benzene rings is 1. The number of carbonyl (C=O) groups excluding carboxylic acids is 2. The van der Waals surface area contributed by atoms with E-state index in [2.05, 4.69) is 15.6 Å². The number of pyridine rings is 1. The summed E-state index contributed by atoms with van der Waals surface area (Å²) in [6.07, 6.45) is 1.45. The number of ether oxygens (including phenoxy) is 3. The fraction of sp³-hybridized carbons (Fsp3) is 0.316. The summed E-state index contributed by atoms with van der Waals surface area (Å²) in [6, 6.07) is 7.05. The monoisotopic (exact) mass is 367 g/mol. The van der Waals surface area contributed by atoms with E-state index in [4.69, 9.17) is 14.2 Å². The van der Waals surface area contributed by atoms with Gasteiger partial charge in [-0.15, -0.1) is 0 Å². The number of hydrogen-bond donors (Lipinski definition) is 2. The first-order valence-corrected chi connectivity index (χ1v) is 8.83. The minimum Gasteiger partial charge on any atom is -0.489 e. The third-order valence-electron chi connectivity index (χ3n) is 5.01. The van der Waals surface area contributed by atoms with E-state index in [1.54, 1.807) is 19.2 Å². The quantitative estimate of drug-likeness (QED) is 0.806. The van der Waals surface area contributed by atoms with Gasteiger partial charge in [-0.1, -0.05) is 0 Å². The first kappa shape index (κ1) is 15.9. The molecule has 1 aliphatic carbocycles. The summed E-state index contributed by atoms with van der Waals surface area (Å²) >= 11 is 0. The number of amides is 2. The van der Waals surface area contributed by atoms with Gasteiger partial charge in [-0.05, 0) is 31.2 Å². The number of carbonyl (C=O) groups is 2. The van der Waals surface area contributed by atoms with Crippen LogP contribution in [-0.2, 0) is 16.1 Å². The van der Waals surface area contributed by atoms with Crippen LogP contribution >= 0.6 is 0 Å². The van der Waals surface area contributed by atoms with Crippen LogP contribution in [0.3, 0.4) is 0 Å². The van der Waals surface area contributed by atoms with Crippen LogP contribution in [0.5, 0.6) is 17.2 Å². The predicted octanol–water partition coefficient (Wildman–Crippen LogP) is 2.55. The summed E-state index contributed by atoms with van der Waals surface area (Å²) in [6.45, 7) is 2.50. The number of rotatable bonds is 4. The molecule has 2 aromatic rings. The molecule has 0 radical (unpaired) electrons. The van der Waals surface area contributed by atoms with E-state index < -0.39 is 0 Å². The molecule has 8 heteroatoms. The summed E-state index contributed by atoms with van der Waals surface area (Å²) in [5.74, 6) is 2.10. The van der Waals surface area contributed by atoms with Crippen LogP contribution in [0.1, 0.15) is 24.0 Å². The average molecular weight is 367 g/mol. The molecular weight excluding hydrogens is 350 g/mol. The molecule has 1 saturated carbocycles. The molecular formula is C19H17N3O5. The molecule has 2 amide bonds. The van der Waals surface area contributed by atoms with Crippen LogP contribution in [-0.4, -0.2) is 29.7 Å². The van der Waals surface area contributed by atoms with Crippen molar-refractivity contribution in [2.24, 2.45) is 5.92 Å². The highest BCUT2D eigenvalue weighted by molar-refractivity contribution is 5.91. The van der Waals surface area contributed by atoms with Crippen LogP contribution in [0.4, 0.5) is 10.6 Å². The zero-order valence-electron chi connectivity index (χ0n) is 14.5. The van der Waals surface area contributed by atoms with Crippen molar-refractivity contribution in [1.82, 2.24) is 10.3 Å². The van der Waals surface area contributed by atoms with Gasteiger partial charge in [-0.3, -0.25) is 10.1 Å². The van der Waals surface area contributed by atoms with Gasteiger partial charge >= 0.3 is 12.0 Å². The van der Waals surface area contributed by atoms with E-state index in [-0.39, 0.29) is 29.9 Å². The molecule has 3 atom stereocenters. The molecule has 0 unspecified atom stereocenters. The lowest BCUT2D eigenvalue weighted by Gasteiger charge is -2.20. The van der Waals surface area contributed by atoms with Crippen molar-refractivity contribution in [1.29, 1.82) is 0 Å². The number of nitrogens with one attached hydrogen (secondary N) is 2. The Hall–Kier alpha value is -3.29. The summed E-state index contributed by atoms with van der Waals surface area (Å²) in [5.41, 5.74) is 1.74. The van der Waals surface area contributed by atoms with Gasteiger partial charge < -0.3 is 19.5 Å². The lowest BCUT2D eigenvalue weighted by molar-refractivity contribution is -0.145. The van der Waals surface area contributed by atoms with Gasteiger partial charge in [0.1, 0.15) is 35.1 Å². The molecule has 1 aromatic carbocycles. The van der Waals surface area contributed by atoms with E-state index in [1.165, 1.54) is 0 Å². The van der Waals surface area contributed by atoms with Gasteiger partial charge in [-0.2, -0.15) is 0 Å². The van der Waals surface area contributed by atoms with E-state index in [0.29, 0.717) is 30.5 Å². The topological polar surface area (TPSA) is 98.8 Å². The van der Waals surface area contributed by atoms with Gasteiger partial charge in [0.15, 0.2) is 0 Å². The molecule has 8 nitrogen and oxygen atoms in total. The summed E-state index contributed by atoms with van der Waals surface area (Å²) < 4.78 is 17.0. The number of hydrogen-bond acceptors (Lipinski definition) is 6. The Kier molecular flexibility index (Phi) is 3.46. The Morgan fingerprint density at radius 2 is 2.26 bits per heavy atom. The number of anilines is 1. The van der Waals surface area contributed by atoms with Gasteiger partial charge in [0.2, 0.25) is 0 Å². The van der Waals surface area contributed by atoms with Gasteiger partial charge in [0.05, 0.1) is 18.7 Å². The Morgan fingerprint density at radius 3 is 3.11 bits per heavy atom. The normalized spacial score (nSPS) is 23.7. The van der Waals surface area contributed by atoms with E-state index >= 15 is 0 Å². The second-order valence-corrected chi connectivity index (χ2v) is 6.63. The Labute approximate surface area is 154 Å². The summed E-state index contributed by atoms with van der Waals surface area (Å²) in [5, 5.41) is 5.37. The Morgan fingerprint density at radius 1 is 1.37 bits per heavy atom. The number of nitrogens with zero attached hydrogens (tertiary/aromatic N) is 1. The molecule has 27 heavy (non-hydrogen) atoms. The Balaban J connectivity index is 1.39. The molecule has 3 heterocycles. The van der Waals surface area contributed by atoms with Gasteiger partial charge in [-0.25, -0.2) is 9.78 Å².